The Kier molecular flexibility index (Phi) is 7.10. The molecule has 0 radical (unpaired) electrons. The zero-order valence-electron chi connectivity index (χ0n) is 11.2. The van der Waals surface area contributed by atoms with Gasteiger partial charge in [-0.15, -0.1) is 0 Å². The molecule has 2 amide bonds. The Bertz CT molecular complexity index is 435. The minimum absolute atomic E-state index is 0.0859. The van der Waals surface area contributed by atoms with Crippen molar-refractivity contribution in [2.45, 2.75) is 25.7 Å². The number of primary amides is 1. The van der Waals surface area contributed by atoms with Crippen molar-refractivity contribution in [2.75, 3.05) is 13.2 Å². The summed E-state index contributed by atoms with van der Waals surface area (Å²) in [7, 11) is 0. The van der Waals surface area contributed by atoms with Gasteiger partial charge in [-0.05, 0) is 37.1 Å². The molecule has 0 heterocycles. The molecule has 0 aliphatic rings. The summed E-state index contributed by atoms with van der Waals surface area (Å²) in [4.78, 5) is 21.9. The van der Waals surface area contributed by atoms with Crippen molar-refractivity contribution in [2.24, 2.45) is 5.73 Å². The Labute approximate surface area is 117 Å². The average Bonchev–Trinajstić information content (AvgIpc) is 2.41. The number of hydrogen-bond donors (Lipinski definition) is 2. The van der Waals surface area contributed by atoms with E-state index in [0.29, 0.717) is 38.2 Å². The predicted octanol–water partition coefficient (Wildman–Crippen LogP) is 1.37. The zero-order valence-corrected chi connectivity index (χ0v) is 11.2. The van der Waals surface area contributed by atoms with Crippen molar-refractivity contribution in [3.8, 4) is 5.75 Å². The first-order chi connectivity index (χ1) is 9.58. The minimum atomic E-state index is -0.369. The van der Waals surface area contributed by atoms with Crippen LogP contribution in [0.15, 0.2) is 24.3 Å². The molecule has 110 valence electrons. The largest absolute Gasteiger partial charge is 0.494 e. The summed E-state index contributed by atoms with van der Waals surface area (Å²) in [5.74, 6) is -0.190. The highest BCUT2D eigenvalue weighted by molar-refractivity contribution is 5.76. The maximum atomic E-state index is 12.6. The van der Waals surface area contributed by atoms with Crippen LogP contribution in [0.4, 0.5) is 4.39 Å². The Morgan fingerprint density at radius 2 is 1.85 bits per heavy atom. The highest BCUT2D eigenvalue weighted by Crippen LogP contribution is 2.11. The number of rotatable bonds is 9. The summed E-state index contributed by atoms with van der Waals surface area (Å²) in [6.45, 7) is 0.834. The number of halogens is 1. The molecule has 1 aromatic rings. The van der Waals surface area contributed by atoms with Crippen LogP contribution in [0.25, 0.3) is 0 Å². The van der Waals surface area contributed by atoms with E-state index < -0.39 is 0 Å². The standard InChI is InChI=1S/C14H19FN2O3/c15-11-5-7-12(8-6-11)20-10-2-4-14(19)17-9-1-3-13(16)18/h5-8H,1-4,9-10H2,(H2,16,18)(H,17,19). The highest BCUT2D eigenvalue weighted by Gasteiger charge is 2.02. The first-order valence-corrected chi connectivity index (χ1v) is 6.51. The number of amides is 2. The molecule has 0 saturated heterocycles. The fourth-order valence-electron chi connectivity index (χ4n) is 1.53. The van der Waals surface area contributed by atoms with Gasteiger partial charge in [-0.2, -0.15) is 0 Å². The number of nitrogens with one attached hydrogen (secondary N) is 1. The summed E-state index contributed by atoms with van der Waals surface area (Å²) < 4.78 is 18.0. The molecule has 20 heavy (non-hydrogen) atoms. The van der Waals surface area contributed by atoms with Crippen molar-refractivity contribution >= 4 is 11.8 Å². The van der Waals surface area contributed by atoms with Gasteiger partial charge >= 0.3 is 0 Å². The van der Waals surface area contributed by atoms with E-state index in [0.717, 1.165) is 0 Å². The first-order valence-electron chi connectivity index (χ1n) is 6.51. The second kappa shape index (κ2) is 8.90. The van der Waals surface area contributed by atoms with Crippen LogP contribution in [0.3, 0.4) is 0 Å². The summed E-state index contributed by atoms with van der Waals surface area (Å²) in [5, 5.41) is 2.69. The molecular formula is C14H19FN2O3. The highest BCUT2D eigenvalue weighted by atomic mass is 19.1. The van der Waals surface area contributed by atoms with E-state index in [1.807, 2.05) is 0 Å². The van der Waals surface area contributed by atoms with Gasteiger partial charge in [-0.3, -0.25) is 9.59 Å². The molecule has 0 atom stereocenters. The molecule has 0 aromatic heterocycles. The molecule has 1 rings (SSSR count). The third-order valence-electron chi connectivity index (χ3n) is 2.55. The zero-order chi connectivity index (χ0) is 14.8. The third kappa shape index (κ3) is 7.35. The van der Waals surface area contributed by atoms with E-state index in [4.69, 9.17) is 10.5 Å². The van der Waals surface area contributed by atoms with Crippen LogP contribution in [0.2, 0.25) is 0 Å². The van der Waals surface area contributed by atoms with Crippen molar-refractivity contribution in [3.05, 3.63) is 30.1 Å². The molecule has 0 spiro atoms. The smallest absolute Gasteiger partial charge is 0.220 e. The third-order valence-corrected chi connectivity index (χ3v) is 2.55. The normalized spacial score (nSPS) is 10.1. The molecule has 0 unspecified atom stereocenters. The Morgan fingerprint density at radius 3 is 2.50 bits per heavy atom. The van der Waals surface area contributed by atoms with Crippen molar-refractivity contribution < 1.29 is 18.7 Å². The number of hydrogen-bond acceptors (Lipinski definition) is 3. The van der Waals surface area contributed by atoms with Crippen LogP contribution in [-0.2, 0) is 9.59 Å². The molecule has 6 heteroatoms. The first kappa shape index (κ1) is 15.9. The second-order valence-electron chi connectivity index (χ2n) is 4.33. The Hall–Kier alpha value is -2.11. The lowest BCUT2D eigenvalue weighted by molar-refractivity contribution is -0.122. The van der Waals surface area contributed by atoms with Gasteiger partial charge in [0.15, 0.2) is 0 Å². The molecular weight excluding hydrogens is 263 g/mol. The van der Waals surface area contributed by atoms with Crippen LogP contribution in [0.5, 0.6) is 5.75 Å². The fraction of sp³-hybridized carbons (Fsp3) is 0.429. The lowest BCUT2D eigenvalue weighted by Crippen LogP contribution is -2.25. The number of carbonyl (C=O) groups excluding carboxylic acids is 2. The molecule has 0 saturated carbocycles. The van der Waals surface area contributed by atoms with E-state index in [1.165, 1.54) is 12.1 Å². The quantitative estimate of drug-likeness (QED) is 0.671. The molecule has 0 aliphatic heterocycles. The van der Waals surface area contributed by atoms with E-state index in [2.05, 4.69) is 5.32 Å². The van der Waals surface area contributed by atoms with Gasteiger partial charge in [-0.25, -0.2) is 4.39 Å². The monoisotopic (exact) mass is 282 g/mol. The number of nitrogens with two attached hydrogens (primary N) is 1. The van der Waals surface area contributed by atoms with E-state index in [-0.39, 0.29) is 24.1 Å². The van der Waals surface area contributed by atoms with Crippen molar-refractivity contribution in [3.63, 3.8) is 0 Å². The molecule has 0 fully saturated rings. The lowest BCUT2D eigenvalue weighted by Gasteiger charge is -2.06. The second-order valence-corrected chi connectivity index (χ2v) is 4.33. The van der Waals surface area contributed by atoms with Crippen LogP contribution in [0, 0.1) is 5.82 Å². The van der Waals surface area contributed by atoms with Gasteiger partial charge in [0.2, 0.25) is 11.8 Å². The number of carbonyl (C=O) groups is 2. The lowest BCUT2D eigenvalue weighted by atomic mass is 10.2. The van der Waals surface area contributed by atoms with Gasteiger partial charge in [0.05, 0.1) is 6.61 Å². The van der Waals surface area contributed by atoms with Crippen LogP contribution < -0.4 is 15.8 Å². The SMILES string of the molecule is NC(=O)CCCNC(=O)CCCOc1ccc(F)cc1. The van der Waals surface area contributed by atoms with E-state index >= 15 is 0 Å². The molecule has 3 N–H and O–H groups in total. The van der Waals surface area contributed by atoms with Crippen molar-refractivity contribution in [1.29, 1.82) is 0 Å². The van der Waals surface area contributed by atoms with Gasteiger partial charge in [0.25, 0.3) is 0 Å². The average molecular weight is 282 g/mol. The topological polar surface area (TPSA) is 81.4 Å². The molecule has 5 nitrogen and oxygen atoms in total. The molecule has 1 aromatic carbocycles. The maximum Gasteiger partial charge on any atom is 0.220 e. The van der Waals surface area contributed by atoms with Crippen LogP contribution in [-0.4, -0.2) is 25.0 Å². The van der Waals surface area contributed by atoms with Crippen molar-refractivity contribution in [1.82, 2.24) is 5.32 Å². The molecule has 0 bridgehead atoms. The van der Waals surface area contributed by atoms with Crippen LogP contribution in [0.1, 0.15) is 25.7 Å². The van der Waals surface area contributed by atoms with Gasteiger partial charge in [0, 0.05) is 19.4 Å². The number of ether oxygens (including phenoxy) is 1. The molecule has 0 aliphatic carbocycles. The summed E-state index contributed by atoms with van der Waals surface area (Å²) in [6.07, 6.45) is 1.73. The summed E-state index contributed by atoms with van der Waals surface area (Å²) in [6, 6.07) is 5.72. The maximum absolute atomic E-state index is 12.6. The van der Waals surface area contributed by atoms with E-state index in [9.17, 15) is 14.0 Å². The van der Waals surface area contributed by atoms with Gasteiger partial charge in [-0.1, -0.05) is 0 Å². The predicted molar refractivity (Wildman–Crippen MR) is 72.6 cm³/mol. The Balaban J connectivity index is 2.04. The van der Waals surface area contributed by atoms with Gasteiger partial charge in [0.1, 0.15) is 11.6 Å². The Morgan fingerprint density at radius 1 is 1.15 bits per heavy atom. The van der Waals surface area contributed by atoms with Crippen LogP contribution >= 0.6 is 0 Å². The minimum Gasteiger partial charge on any atom is -0.494 e. The van der Waals surface area contributed by atoms with E-state index in [1.54, 1.807) is 12.1 Å². The fourth-order valence-corrected chi connectivity index (χ4v) is 1.53. The number of benzene rings is 1. The summed E-state index contributed by atoms with van der Waals surface area (Å²) >= 11 is 0. The summed E-state index contributed by atoms with van der Waals surface area (Å²) in [5.41, 5.74) is 4.98. The van der Waals surface area contributed by atoms with Gasteiger partial charge < -0.3 is 15.8 Å².